The van der Waals surface area contributed by atoms with Crippen LogP contribution in [-0.4, -0.2) is 35.1 Å². The normalized spacial score (nSPS) is 12.4. The van der Waals surface area contributed by atoms with E-state index in [1.54, 1.807) is 4.90 Å². The summed E-state index contributed by atoms with van der Waals surface area (Å²) in [6.45, 7) is 4.49. The smallest absolute Gasteiger partial charge is 0.224 e. The Morgan fingerprint density at radius 3 is 2.35 bits per heavy atom. The molecule has 0 fully saturated rings. The van der Waals surface area contributed by atoms with E-state index in [0.717, 1.165) is 18.4 Å². The third kappa shape index (κ3) is 4.62. The monoisotopic (exact) mass is 278 g/mol. The summed E-state index contributed by atoms with van der Waals surface area (Å²) in [5.74, 6) is 0.0177. The second-order valence-corrected chi connectivity index (χ2v) is 5.00. The molecular formula is C16H26N2O2. The predicted molar refractivity (Wildman–Crippen MR) is 81.2 cm³/mol. The van der Waals surface area contributed by atoms with Crippen molar-refractivity contribution in [2.75, 3.05) is 13.2 Å². The van der Waals surface area contributed by atoms with Gasteiger partial charge in [0.15, 0.2) is 0 Å². The predicted octanol–water partition coefficient (Wildman–Crippen LogP) is 2.09. The van der Waals surface area contributed by atoms with Gasteiger partial charge in [0.2, 0.25) is 5.91 Å². The third-order valence-electron chi connectivity index (χ3n) is 3.67. The number of amides is 1. The van der Waals surface area contributed by atoms with Gasteiger partial charge in [-0.1, -0.05) is 44.2 Å². The van der Waals surface area contributed by atoms with Crippen LogP contribution in [0.3, 0.4) is 0 Å². The van der Waals surface area contributed by atoms with Crippen molar-refractivity contribution in [3.63, 3.8) is 0 Å². The quantitative estimate of drug-likeness (QED) is 0.765. The molecule has 0 aliphatic carbocycles. The summed E-state index contributed by atoms with van der Waals surface area (Å²) < 4.78 is 0. The Labute approximate surface area is 121 Å². The van der Waals surface area contributed by atoms with Gasteiger partial charge in [0.25, 0.3) is 0 Å². The number of aliphatic hydroxyl groups excluding tert-OH is 1. The Hall–Kier alpha value is -1.39. The second kappa shape index (κ2) is 8.72. The number of aliphatic hydroxyl groups is 1. The molecule has 1 atom stereocenters. The molecule has 1 unspecified atom stereocenters. The zero-order chi connectivity index (χ0) is 15.0. The van der Waals surface area contributed by atoms with Gasteiger partial charge < -0.3 is 15.7 Å². The average molecular weight is 278 g/mol. The Morgan fingerprint density at radius 2 is 1.85 bits per heavy atom. The Bertz CT molecular complexity index is 391. The van der Waals surface area contributed by atoms with Crippen LogP contribution in [0, 0.1) is 0 Å². The van der Waals surface area contributed by atoms with Gasteiger partial charge in [0.1, 0.15) is 0 Å². The molecule has 0 saturated heterocycles. The first-order chi connectivity index (χ1) is 9.63. The largest absolute Gasteiger partial charge is 0.395 e. The lowest BCUT2D eigenvalue weighted by atomic mass is 10.0. The van der Waals surface area contributed by atoms with Gasteiger partial charge in [0.05, 0.1) is 6.61 Å². The summed E-state index contributed by atoms with van der Waals surface area (Å²) in [5.41, 5.74) is 7.07. The summed E-state index contributed by atoms with van der Waals surface area (Å²) in [5, 5.41) is 9.15. The van der Waals surface area contributed by atoms with E-state index in [1.165, 1.54) is 0 Å². The Kier molecular flexibility index (Phi) is 7.26. The van der Waals surface area contributed by atoms with E-state index in [-0.39, 0.29) is 31.0 Å². The molecule has 1 aromatic rings. The molecule has 1 aromatic carbocycles. The summed E-state index contributed by atoms with van der Waals surface area (Å²) in [7, 11) is 0. The molecular weight excluding hydrogens is 252 g/mol. The maximum Gasteiger partial charge on any atom is 0.224 e. The van der Waals surface area contributed by atoms with Crippen molar-refractivity contribution in [2.45, 2.75) is 45.2 Å². The zero-order valence-corrected chi connectivity index (χ0v) is 12.5. The van der Waals surface area contributed by atoms with Crippen LogP contribution in [-0.2, 0) is 4.79 Å². The number of hydrogen-bond acceptors (Lipinski definition) is 3. The van der Waals surface area contributed by atoms with Crippen LogP contribution >= 0.6 is 0 Å². The molecule has 3 N–H and O–H groups in total. The SMILES string of the molecule is CCC(CC)N(CCO)C(=O)CC(N)c1ccccc1. The molecule has 0 spiro atoms. The van der Waals surface area contributed by atoms with Crippen LogP contribution in [0.15, 0.2) is 30.3 Å². The molecule has 0 aromatic heterocycles. The van der Waals surface area contributed by atoms with Gasteiger partial charge in [-0.2, -0.15) is 0 Å². The van der Waals surface area contributed by atoms with Crippen LogP contribution in [0.4, 0.5) is 0 Å². The van der Waals surface area contributed by atoms with E-state index in [9.17, 15) is 4.79 Å². The van der Waals surface area contributed by atoms with Crippen molar-refractivity contribution >= 4 is 5.91 Å². The minimum Gasteiger partial charge on any atom is -0.395 e. The van der Waals surface area contributed by atoms with Crippen molar-refractivity contribution in [3.8, 4) is 0 Å². The summed E-state index contributed by atoms with van der Waals surface area (Å²) in [4.78, 5) is 14.2. The first-order valence-corrected chi connectivity index (χ1v) is 7.34. The van der Waals surface area contributed by atoms with E-state index in [4.69, 9.17) is 10.8 Å². The van der Waals surface area contributed by atoms with Crippen LogP contribution in [0.5, 0.6) is 0 Å². The van der Waals surface area contributed by atoms with Crippen LogP contribution < -0.4 is 5.73 Å². The maximum absolute atomic E-state index is 12.4. The molecule has 4 nitrogen and oxygen atoms in total. The van der Waals surface area contributed by atoms with Crippen LogP contribution in [0.1, 0.15) is 44.7 Å². The average Bonchev–Trinajstić information content (AvgIpc) is 2.48. The fourth-order valence-electron chi connectivity index (χ4n) is 2.47. The standard InChI is InChI=1S/C16H26N2O2/c1-3-14(4-2)18(10-11-19)16(20)12-15(17)13-8-6-5-7-9-13/h5-9,14-15,19H,3-4,10-12,17H2,1-2H3. The fraction of sp³-hybridized carbons (Fsp3) is 0.562. The number of nitrogens with zero attached hydrogens (tertiary/aromatic N) is 1. The fourth-order valence-corrected chi connectivity index (χ4v) is 2.47. The lowest BCUT2D eigenvalue weighted by Gasteiger charge is -2.31. The number of nitrogens with two attached hydrogens (primary N) is 1. The van der Waals surface area contributed by atoms with E-state index in [0.29, 0.717) is 6.54 Å². The van der Waals surface area contributed by atoms with Gasteiger partial charge in [-0.15, -0.1) is 0 Å². The molecule has 112 valence electrons. The topological polar surface area (TPSA) is 66.6 Å². The molecule has 0 aliphatic heterocycles. The highest BCUT2D eigenvalue weighted by Crippen LogP contribution is 2.17. The first kappa shape index (κ1) is 16.7. The highest BCUT2D eigenvalue weighted by atomic mass is 16.3. The van der Waals surface area contributed by atoms with Crippen molar-refractivity contribution in [2.24, 2.45) is 5.73 Å². The molecule has 0 bridgehead atoms. The number of carbonyl (C=O) groups excluding carboxylic acids is 1. The molecule has 0 aliphatic rings. The first-order valence-electron chi connectivity index (χ1n) is 7.34. The van der Waals surface area contributed by atoms with Gasteiger partial charge in [-0.3, -0.25) is 4.79 Å². The minimum atomic E-state index is -0.292. The van der Waals surface area contributed by atoms with E-state index < -0.39 is 0 Å². The molecule has 20 heavy (non-hydrogen) atoms. The van der Waals surface area contributed by atoms with Crippen molar-refractivity contribution in [1.29, 1.82) is 0 Å². The van der Waals surface area contributed by atoms with E-state index in [1.807, 2.05) is 30.3 Å². The molecule has 0 heterocycles. The minimum absolute atomic E-state index is 0.0111. The molecule has 4 heteroatoms. The molecule has 1 amide bonds. The van der Waals surface area contributed by atoms with Crippen molar-refractivity contribution in [3.05, 3.63) is 35.9 Å². The summed E-state index contributed by atoms with van der Waals surface area (Å²) in [6.07, 6.45) is 2.06. The lowest BCUT2D eigenvalue weighted by molar-refractivity contribution is -0.134. The van der Waals surface area contributed by atoms with Gasteiger partial charge in [0, 0.05) is 25.0 Å². The van der Waals surface area contributed by atoms with Crippen LogP contribution in [0.2, 0.25) is 0 Å². The van der Waals surface area contributed by atoms with Crippen LogP contribution in [0.25, 0.3) is 0 Å². The number of rotatable bonds is 8. The van der Waals surface area contributed by atoms with E-state index in [2.05, 4.69) is 13.8 Å². The highest BCUT2D eigenvalue weighted by Gasteiger charge is 2.22. The zero-order valence-electron chi connectivity index (χ0n) is 12.5. The van der Waals surface area contributed by atoms with Gasteiger partial charge >= 0.3 is 0 Å². The van der Waals surface area contributed by atoms with E-state index >= 15 is 0 Å². The van der Waals surface area contributed by atoms with Crippen molar-refractivity contribution in [1.82, 2.24) is 4.90 Å². The summed E-state index contributed by atoms with van der Waals surface area (Å²) in [6, 6.07) is 9.53. The highest BCUT2D eigenvalue weighted by molar-refractivity contribution is 5.77. The number of benzene rings is 1. The molecule has 1 rings (SSSR count). The summed E-state index contributed by atoms with van der Waals surface area (Å²) >= 11 is 0. The molecule has 0 saturated carbocycles. The van der Waals surface area contributed by atoms with Crippen molar-refractivity contribution < 1.29 is 9.90 Å². The number of hydrogen-bond donors (Lipinski definition) is 2. The van der Waals surface area contributed by atoms with Gasteiger partial charge in [-0.25, -0.2) is 0 Å². The number of carbonyl (C=O) groups is 1. The lowest BCUT2D eigenvalue weighted by Crippen LogP contribution is -2.42. The third-order valence-corrected chi connectivity index (χ3v) is 3.67. The second-order valence-electron chi connectivity index (χ2n) is 5.00. The Balaban J connectivity index is 2.70. The Morgan fingerprint density at radius 1 is 1.25 bits per heavy atom. The maximum atomic E-state index is 12.4. The molecule has 0 radical (unpaired) electrons. The van der Waals surface area contributed by atoms with Gasteiger partial charge in [-0.05, 0) is 18.4 Å².